The van der Waals surface area contributed by atoms with Crippen LogP contribution in [0.2, 0.25) is 5.02 Å². The number of carbonyl (C=O) groups excluding carboxylic acids is 2. The van der Waals surface area contributed by atoms with Crippen LogP contribution in [0.15, 0.2) is 18.2 Å². The number of alkyl halides is 1. The number of aromatic nitrogens is 3. The van der Waals surface area contributed by atoms with Gasteiger partial charge >= 0.3 is 0 Å². The Balaban J connectivity index is 1.27. The number of carbonyl (C=O) groups is 2. The van der Waals surface area contributed by atoms with Crippen LogP contribution in [0.1, 0.15) is 24.2 Å². The van der Waals surface area contributed by atoms with Crippen LogP contribution in [0.25, 0.3) is 5.69 Å². The summed E-state index contributed by atoms with van der Waals surface area (Å²) < 4.78 is 15.1. The number of nitrogens with zero attached hydrogens (tertiary/aromatic N) is 6. The third-order valence-electron chi connectivity index (χ3n) is 6.78. The molecule has 3 aliphatic heterocycles. The number of halogens is 2. The molecule has 4 heterocycles. The van der Waals surface area contributed by atoms with Crippen molar-refractivity contribution in [1.82, 2.24) is 24.6 Å². The summed E-state index contributed by atoms with van der Waals surface area (Å²) in [6, 6.07) is 5.50. The average Bonchev–Trinajstić information content (AvgIpc) is 3.49. The van der Waals surface area contributed by atoms with Gasteiger partial charge in [0, 0.05) is 49.1 Å². The third kappa shape index (κ3) is 3.01. The molecule has 10 heteroatoms. The van der Waals surface area contributed by atoms with Crippen molar-refractivity contribution in [1.29, 1.82) is 0 Å². The molecule has 0 atom stereocenters. The van der Waals surface area contributed by atoms with Crippen molar-refractivity contribution in [2.45, 2.75) is 25.9 Å². The van der Waals surface area contributed by atoms with Gasteiger partial charge in [0.15, 0.2) is 12.5 Å². The number of benzene rings is 1. The van der Waals surface area contributed by atoms with E-state index >= 15 is 0 Å². The second-order valence-corrected chi connectivity index (χ2v) is 9.67. The fourth-order valence-electron chi connectivity index (χ4n) is 5.07. The molecule has 31 heavy (non-hydrogen) atoms. The molecule has 1 aliphatic carbocycles. The normalized spacial score (nSPS) is 21.2. The van der Waals surface area contributed by atoms with Crippen LogP contribution in [0, 0.1) is 11.3 Å². The Morgan fingerprint density at radius 1 is 1.10 bits per heavy atom. The van der Waals surface area contributed by atoms with Crippen LogP contribution in [0.5, 0.6) is 0 Å². The highest BCUT2D eigenvalue weighted by Crippen LogP contribution is 2.44. The summed E-state index contributed by atoms with van der Waals surface area (Å²) in [5, 5.41) is 9.30. The van der Waals surface area contributed by atoms with Gasteiger partial charge in [-0.1, -0.05) is 11.6 Å². The summed E-state index contributed by atoms with van der Waals surface area (Å²) in [7, 11) is 0. The number of likely N-dealkylation sites (tertiary alicyclic amines) is 1. The SMILES string of the molecule is O=C(CF)N1Cc2cc(Cl)ccc2-n2c(nnc2N2CC3(CN(C(=O)C4CC4)C3)C2)C1. The molecule has 2 aromatic rings. The first-order valence-corrected chi connectivity index (χ1v) is 10.9. The number of fused-ring (bicyclic) bond motifs is 3. The molecular formula is C21H22ClFN6O2. The van der Waals surface area contributed by atoms with Crippen LogP contribution in [0.4, 0.5) is 10.3 Å². The lowest BCUT2D eigenvalue weighted by Crippen LogP contribution is -2.73. The van der Waals surface area contributed by atoms with E-state index in [2.05, 4.69) is 15.1 Å². The van der Waals surface area contributed by atoms with E-state index in [4.69, 9.17) is 11.6 Å². The molecule has 0 bridgehead atoms. The first kappa shape index (κ1) is 19.0. The summed E-state index contributed by atoms with van der Waals surface area (Å²) in [6.45, 7) is 2.65. The largest absolute Gasteiger partial charge is 0.341 e. The molecule has 1 aromatic heterocycles. The van der Waals surface area contributed by atoms with E-state index in [-0.39, 0.29) is 24.4 Å². The Bertz CT molecular complexity index is 1090. The molecule has 8 nitrogen and oxygen atoms in total. The van der Waals surface area contributed by atoms with Crippen molar-refractivity contribution >= 4 is 29.4 Å². The van der Waals surface area contributed by atoms with Gasteiger partial charge in [0.25, 0.3) is 5.91 Å². The number of amides is 2. The molecular weight excluding hydrogens is 423 g/mol. The van der Waals surface area contributed by atoms with Crippen molar-refractivity contribution in [3.8, 4) is 5.69 Å². The quantitative estimate of drug-likeness (QED) is 0.721. The minimum Gasteiger partial charge on any atom is -0.341 e. The topological polar surface area (TPSA) is 74.6 Å². The summed E-state index contributed by atoms with van der Waals surface area (Å²) in [6.07, 6.45) is 2.07. The maximum absolute atomic E-state index is 13.1. The highest BCUT2D eigenvalue weighted by Gasteiger charge is 2.55. The van der Waals surface area contributed by atoms with Gasteiger partial charge in [-0.25, -0.2) is 4.39 Å². The van der Waals surface area contributed by atoms with Crippen LogP contribution >= 0.6 is 11.6 Å². The lowest BCUT2D eigenvalue weighted by Gasteiger charge is -2.60. The molecule has 1 aromatic carbocycles. The zero-order chi connectivity index (χ0) is 21.3. The minimum atomic E-state index is -1.05. The van der Waals surface area contributed by atoms with Crippen LogP contribution in [-0.2, 0) is 22.7 Å². The molecule has 0 radical (unpaired) electrons. The van der Waals surface area contributed by atoms with Crippen molar-refractivity contribution in [3.63, 3.8) is 0 Å². The number of anilines is 1. The predicted molar refractivity (Wildman–Crippen MR) is 111 cm³/mol. The molecule has 3 fully saturated rings. The fourth-order valence-corrected chi connectivity index (χ4v) is 5.26. The van der Waals surface area contributed by atoms with E-state index in [1.54, 1.807) is 12.1 Å². The van der Waals surface area contributed by atoms with Crippen LogP contribution in [0.3, 0.4) is 0 Å². The number of hydrogen-bond donors (Lipinski definition) is 0. The van der Waals surface area contributed by atoms with E-state index in [0.717, 1.165) is 50.3 Å². The second-order valence-electron chi connectivity index (χ2n) is 9.23. The van der Waals surface area contributed by atoms with Crippen molar-refractivity contribution < 1.29 is 14.0 Å². The first-order valence-electron chi connectivity index (χ1n) is 10.6. The lowest BCUT2D eigenvalue weighted by molar-refractivity contribution is -0.146. The maximum Gasteiger partial charge on any atom is 0.254 e. The Kier molecular flexibility index (Phi) is 4.09. The Hall–Kier alpha value is -2.68. The van der Waals surface area contributed by atoms with Crippen LogP contribution < -0.4 is 4.90 Å². The molecule has 1 saturated carbocycles. The highest BCUT2D eigenvalue weighted by atomic mass is 35.5. The summed E-state index contributed by atoms with van der Waals surface area (Å²) >= 11 is 6.20. The smallest absolute Gasteiger partial charge is 0.254 e. The summed E-state index contributed by atoms with van der Waals surface area (Å²) in [5.74, 6) is 1.30. The molecule has 162 valence electrons. The van der Waals surface area contributed by atoms with Crippen LogP contribution in [-0.4, -0.2) is 69.2 Å². The monoisotopic (exact) mass is 444 g/mol. The summed E-state index contributed by atoms with van der Waals surface area (Å²) in [4.78, 5) is 30.0. The van der Waals surface area contributed by atoms with Gasteiger partial charge in [-0.3, -0.25) is 14.2 Å². The molecule has 2 saturated heterocycles. The maximum atomic E-state index is 13.1. The molecule has 0 unspecified atom stereocenters. The molecule has 6 rings (SSSR count). The fraction of sp³-hybridized carbons (Fsp3) is 0.524. The Morgan fingerprint density at radius 2 is 1.87 bits per heavy atom. The second kappa shape index (κ2) is 6.66. The van der Waals surface area contributed by atoms with Gasteiger partial charge in [0.1, 0.15) is 0 Å². The van der Waals surface area contributed by atoms with Gasteiger partial charge in [-0.05, 0) is 36.6 Å². The van der Waals surface area contributed by atoms with Crippen molar-refractivity contribution in [2.75, 3.05) is 37.8 Å². The third-order valence-corrected chi connectivity index (χ3v) is 7.02. The standard InChI is InChI=1S/C21H22ClFN6O2/c22-15-3-4-16-14(5-15)7-26(18(30)6-23)8-17-24-25-20(29(16)17)28-11-21(12-28)9-27(10-21)19(31)13-1-2-13/h3-5,13H,1-2,6-12H2. The average molecular weight is 445 g/mol. The summed E-state index contributed by atoms with van der Waals surface area (Å²) in [5.41, 5.74) is 1.82. The highest BCUT2D eigenvalue weighted by molar-refractivity contribution is 6.30. The van der Waals surface area contributed by atoms with Gasteiger partial charge < -0.3 is 14.7 Å². The Morgan fingerprint density at radius 3 is 2.58 bits per heavy atom. The van der Waals surface area contributed by atoms with E-state index in [0.29, 0.717) is 22.7 Å². The molecule has 4 aliphatic rings. The lowest BCUT2D eigenvalue weighted by atomic mass is 9.73. The first-order chi connectivity index (χ1) is 15.0. The molecule has 1 spiro atoms. The predicted octanol–water partition coefficient (Wildman–Crippen LogP) is 1.79. The van der Waals surface area contributed by atoms with Crippen molar-refractivity contribution in [3.05, 3.63) is 34.6 Å². The van der Waals surface area contributed by atoms with E-state index < -0.39 is 12.6 Å². The molecule has 2 amide bonds. The number of rotatable bonds is 3. The zero-order valence-electron chi connectivity index (χ0n) is 16.9. The van der Waals surface area contributed by atoms with Gasteiger partial charge in [0.05, 0.1) is 12.2 Å². The van der Waals surface area contributed by atoms with E-state index in [9.17, 15) is 14.0 Å². The van der Waals surface area contributed by atoms with Crippen molar-refractivity contribution in [2.24, 2.45) is 11.3 Å². The minimum absolute atomic E-state index is 0.140. The number of hydrogen-bond acceptors (Lipinski definition) is 5. The van der Waals surface area contributed by atoms with E-state index in [1.807, 2.05) is 15.5 Å². The zero-order valence-corrected chi connectivity index (χ0v) is 17.7. The van der Waals surface area contributed by atoms with Gasteiger partial charge in [-0.2, -0.15) is 0 Å². The van der Waals surface area contributed by atoms with Gasteiger partial charge in [0.2, 0.25) is 11.9 Å². The van der Waals surface area contributed by atoms with E-state index in [1.165, 1.54) is 4.90 Å². The molecule has 0 N–H and O–H groups in total. The Labute approximate surface area is 183 Å². The van der Waals surface area contributed by atoms with Gasteiger partial charge in [-0.15, -0.1) is 10.2 Å².